The molecule has 0 fully saturated rings. The molecule has 0 bridgehead atoms. The molecule has 0 aliphatic carbocycles. The van der Waals surface area contributed by atoms with Crippen molar-refractivity contribution in [3.05, 3.63) is 72.7 Å². The molecule has 0 amide bonds. The third-order valence-corrected chi connectivity index (χ3v) is 3.36. The first kappa shape index (κ1) is 18.7. The van der Waals surface area contributed by atoms with Gasteiger partial charge in [0.25, 0.3) is 0 Å². The monoisotopic (exact) mass is 359 g/mol. The number of hydrogen-bond donors (Lipinski definition) is 0. The summed E-state index contributed by atoms with van der Waals surface area (Å²) >= 11 is 0. The van der Waals surface area contributed by atoms with Gasteiger partial charge in [0.2, 0.25) is 0 Å². The number of aryl methyl sites for hydroxylation is 2. The first-order valence-electron chi connectivity index (χ1n) is 6.56. The van der Waals surface area contributed by atoms with Crippen LogP contribution in [0.2, 0.25) is 0 Å². The largest absolute Gasteiger partial charge is 0.260 e. The number of aromatic nitrogens is 2. The molecule has 4 radical (unpaired) electrons. The molecule has 0 saturated carbocycles. The van der Waals surface area contributed by atoms with Crippen molar-refractivity contribution >= 4 is 8.41 Å². The van der Waals surface area contributed by atoms with Gasteiger partial charge in [-0.1, -0.05) is 12.5 Å². The van der Waals surface area contributed by atoms with E-state index in [4.69, 9.17) is 0 Å². The van der Waals surface area contributed by atoms with Gasteiger partial charge in [-0.15, -0.1) is 17.7 Å². The third-order valence-electron chi connectivity index (χ3n) is 3.36. The van der Waals surface area contributed by atoms with E-state index in [1.807, 2.05) is 43.7 Å². The molecule has 1 heterocycles. The van der Waals surface area contributed by atoms with Crippen molar-refractivity contribution in [3.63, 3.8) is 0 Å². The summed E-state index contributed by atoms with van der Waals surface area (Å²) in [7, 11) is 2.02. The van der Waals surface area contributed by atoms with E-state index in [1.165, 1.54) is 5.56 Å². The van der Waals surface area contributed by atoms with Gasteiger partial charge in [-0.2, -0.15) is 42.0 Å². The van der Waals surface area contributed by atoms with E-state index < -0.39 is 0 Å². The Bertz CT molecular complexity index is 745. The Morgan fingerprint density at radius 3 is 2.59 bits per heavy atom. The zero-order valence-electron chi connectivity index (χ0n) is 12.7. The van der Waals surface area contributed by atoms with Gasteiger partial charge < -0.3 is 0 Å². The van der Waals surface area contributed by atoms with Gasteiger partial charge in [-0.25, -0.2) is 10.1 Å². The SMILES string of the molecule is Cc1ccc(-c2[c-]cccc2)[c-]c1-c1cncc[n+]1C.[B].[Y]. The van der Waals surface area contributed by atoms with Crippen LogP contribution in [0.1, 0.15) is 5.56 Å². The predicted octanol–water partition coefficient (Wildman–Crippen LogP) is 2.77. The van der Waals surface area contributed by atoms with Crippen LogP contribution < -0.4 is 4.57 Å². The molecule has 4 heteroatoms. The fourth-order valence-corrected chi connectivity index (χ4v) is 2.22. The summed E-state index contributed by atoms with van der Waals surface area (Å²) in [5, 5.41) is 0. The molecular weight excluding hydrogens is 344 g/mol. The first-order chi connectivity index (χ1) is 9.75. The van der Waals surface area contributed by atoms with Crippen LogP contribution in [0.15, 0.2) is 55.0 Å². The van der Waals surface area contributed by atoms with Crippen molar-refractivity contribution in [2.45, 2.75) is 6.92 Å². The summed E-state index contributed by atoms with van der Waals surface area (Å²) in [5.74, 6) is 0. The molecule has 0 aliphatic rings. The second-order valence-corrected chi connectivity index (χ2v) is 4.78. The van der Waals surface area contributed by atoms with Crippen molar-refractivity contribution in [2.75, 3.05) is 0 Å². The van der Waals surface area contributed by atoms with Gasteiger partial charge in [0.05, 0.1) is 12.4 Å². The molecule has 22 heavy (non-hydrogen) atoms. The molecular formula is C18H15BN2Y-. The summed E-state index contributed by atoms with van der Waals surface area (Å²) in [6.07, 6.45) is 5.61. The Morgan fingerprint density at radius 2 is 1.91 bits per heavy atom. The van der Waals surface area contributed by atoms with Crippen LogP contribution in [-0.4, -0.2) is 13.4 Å². The van der Waals surface area contributed by atoms with Crippen LogP contribution in [-0.2, 0) is 39.8 Å². The molecule has 2 aromatic carbocycles. The van der Waals surface area contributed by atoms with Crippen LogP contribution in [0.3, 0.4) is 0 Å². The fraction of sp³-hybridized carbons (Fsp3) is 0.111. The molecule has 104 valence electrons. The second kappa shape index (κ2) is 8.36. The molecule has 0 unspecified atom stereocenters. The molecule has 3 aromatic rings. The molecule has 0 aliphatic heterocycles. The third kappa shape index (κ3) is 3.91. The van der Waals surface area contributed by atoms with Crippen molar-refractivity contribution in [3.8, 4) is 22.4 Å². The minimum absolute atomic E-state index is 0. The van der Waals surface area contributed by atoms with E-state index in [1.54, 1.807) is 6.20 Å². The maximum absolute atomic E-state index is 4.22. The maximum atomic E-state index is 4.22. The van der Waals surface area contributed by atoms with Crippen molar-refractivity contribution < 1.29 is 37.3 Å². The van der Waals surface area contributed by atoms with Crippen LogP contribution >= 0.6 is 0 Å². The summed E-state index contributed by atoms with van der Waals surface area (Å²) < 4.78 is 2.06. The van der Waals surface area contributed by atoms with Gasteiger partial charge in [-0.3, -0.25) is 4.98 Å². The summed E-state index contributed by atoms with van der Waals surface area (Å²) in [6, 6.07) is 18.9. The molecule has 1 aromatic heterocycles. The number of benzene rings is 2. The summed E-state index contributed by atoms with van der Waals surface area (Å²) in [4.78, 5) is 4.22. The van der Waals surface area contributed by atoms with Crippen LogP contribution in [0.5, 0.6) is 0 Å². The first-order valence-corrected chi connectivity index (χ1v) is 6.56. The van der Waals surface area contributed by atoms with Crippen LogP contribution in [0, 0.1) is 19.1 Å². The maximum Gasteiger partial charge on any atom is 0.180 e. The van der Waals surface area contributed by atoms with Gasteiger partial charge >= 0.3 is 0 Å². The molecule has 0 spiro atoms. The van der Waals surface area contributed by atoms with Gasteiger partial charge in [0.1, 0.15) is 7.05 Å². The average molecular weight is 359 g/mol. The van der Waals surface area contributed by atoms with Crippen molar-refractivity contribution in [1.29, 1.82) is 0 Å². The van der Waals surface area contributed by atoms with E-state index >= 15 is 0 Å². The van der Waals surface area contributed by atoms with Crippen molar-refractivity contribution in [1.82, 2.24) is 4.98 Å². The normalized spacial score (nSPS) is 9.55. The van der Waals surface area contributed by atoms with Crippen LogP contribution in [0.25, 0.3) is 22.4 Å². The zero-order chi connectivity index (χ0) is 13.9. The summed E-state index contributed by atoms with van der Waals surface area (Å²) in [5.41, 5.74) is 5.43. The van der Waals surface area contributed by atoms with E-state index in [9.17, 15) is 0 Å². The summed E-state index contributed by atoms with van der Waals surface area (Å²) in [6.45, 7) is 2.09. The average Bonchev–Trinajstić information content (AvgIpc) is 2.49. The van der Waals surface area contributed by atoms with Gasteiger partial charge in [0, 0.05) is 41.1 Å². The molecule has 0 atom stereocenters. The van der Waals surface area contributed by atoms with Crippen LogP contribution in [0.4, 0.5) is 0 Å². The van der Waals surface area contributed by atoms with E-state index in [-0.39, 0.29) is 41.1 Å². The van der Waals surface area contributed by atoms with Crippen molar-refractivity contribution in [2.24, 2.45) is 7.05 Å². The Hall–Kier alpha value is -1.31. The number of rotatable bonds is 2. The molecule has 2 nitrogen and oxygen atoms in total. The topological polar surface area (TPSA) is 16.8 Å². The van der Waals surface area contributed by atoms with E-state index in [0.717, 1.165) is 22.4 Å². The minimum atomic E-state index is 0. The van der Waals surface area contributed by atoms with E-state index in [2.05, 4.69) is 40.7 Å². The van der Waals surface area contributed by atoms with E-state index in [0.29, 0.717) is 0 Å². The fourth-order valence-electron chi connectivity index (χ4n) is 2.22. The Labute approximate surface area is 159 Å². The Morgan fingerprint density at radius 1 is 1.09 bits per heavy atom. The van der Waals surface area contributed by atoms with Gasteiger partial charge in [0.15, 0.2) is 11.9 Å². The zero-order valence-corrected chi connectivity index (χ0v) is 15.6. The van der Waals surface area contributed by atoms with Gasteiger partial charge in [-0.05, 0) is 0 Å². The number of nitrogens with zero attached hydrogens (tertiary/aromatic N) is 2. The smallest absolute Gasteiger partial charge is 0.180 e. The second-order valence-electron chi connectivity index (χ2n) is 4.78. The standard InChI is InChI=1S/C18H15N2.B.Y/c1-14-8-9-16(15-6-4-3-5-7-15)12-17(14)18-13-19-10-11-20(18)2;;/h3-6,8-11,13H,1-2H3;;/q-1;;. The molecule has 0 saturated heterocycles. The Balaban J connectivity index is 0.00000121. The Kier molecular flexibility index (Phi) is 7.12. The quantitative estimate of drug-likeness (QED) is 0.391. The number of hydrogen-bond acceptors (Lipinski definition) is 1. The predicted molar refractivity (Wildman–Crippen MR) is 84.4 cm³/mol. The minimum Gasteiger partial charge on any atom is -0.260 e. The molecule has 0 N–H and O–H groups in total. The molecule has 3 rings (SSSR count).